The summed E-state index contributed by atoms with van der Waals surface area (Å²) in [5.41, 5.74) is 13.0. The molecule has 10 nitrogen and oxygen atoms in total. The zero-order valence-corrected chi connectivity index (χ0v) is 28.5. The van der Waals surface area contributed by atoms with Crippen LogP contribution in [0.15, 0.2) is 48.5 Å². The van der Waals surface area contributed by atoms with Gasteiger partial charge in [-0.05, 0) is 113 Å². The molecule has 4 atom stereocenters. The van der Waals surface area contributed by atoms with Crippen LogP contribution in [0.4, 0.5) is 0 Å². The molecule has 3 fully saturated rings. The fraction of sp³-hybridized carbons (Fsp3) is 0.447. The number of nitrogens with zero attached hydrogens (tertiary/aromatic N) is 6. The van der Waals surface area contributed by atoms with Crippen molar-refractivity contribution in [2.75, 3.05) is 6.54 Å². The second-order valence-corrected chi connectivity index (χ2v) is 14.9. The molecule has 3 N–H and O–H groups in total. The van der Waals surface area contributed by atoms with Gasteiger partial charge in [0.2, 0.25) is 0 Å². The van der Waals surface area contributed by atoms with Crippen molar-refractivity contribution in [2.45, 2.75) is 95.4 Å². The summed E-state index contributed by atoms with van der Waals surface area (Å²) in [4.78, 5) is 44.2. The minimum absolute atomic E-state index is 0.0521. The van der Waals surface area contributed by atoms with E-state index in [9.17, 15) is 9.59 Å². The summed E-state index contributed by atoms with van der Waals surface area (Å²) in [5.74, 6) is 1.34. The lowest BCUT2D eigenvalue weighted by Crippen LogP contribution is -2.51. The Morgan fingerprint density at radius 3 is 2.67 bits per heavy atom. The Morgan fingerprint density at radius 2 is 1.82 bits per heavy atom. The van der Waals surface area contributed by atoms with Crippen LogP contribution in [0.2, 0.25) is 5.15 Å². The van der Waals surface area contributed by atoms with E-state index in [1.807, 2.05) is 30.0 Å². The predicted molar refractivity (Wildman–Crippen MR) is 190 cm³/mol. The first kappa shape index (κ1) is 30.8. The Morgan fingerprint density at radius 1 is 0.959 bits per heavy atom. The highest BCUT2D eigenvalue weighted by atomic mass is 35.5. The van der Waals surface area contributed by atoms with Crippen molar-refractivity contribution in [1.82, 2.24) is 34.3 Å². The van der Waals surface area contributed by atoms with Crippen molar-refractivity contribution in [3.63, 3.8) is 0 Å². The van der Waals surface area contributed by atoms with Gasteiger partial charge in [0.05, 0.1) is 39.7 Å². The van der Waals surface area contributed by atoms with Crippen molar-refractivity contribution in [3.8, 4) is 11.5 Å². The maximum absolute atomic E-state index is 13.9. The number of nitrogens with one attached hydrogen (secondary N) is 1. The van der Waals surface area contributed by atoms with Gasteiger partial charge in [-0.2, -0.15) is 0 Å². The van der Waals surface area contributed by atoms with Gasteiger partial charge in [-0.1, -0.05) is 18.0 Å². The highest BCUT2D eigenvalue weighted by Gasteiger charge is 2.41. The second kappa shape index (κ2) is 11.9. The van der Waals surface area contributed by atoms with Gasteiger partial charge in [0.25, 0.3) is 11.8 Å². The molecule has 0 spiro atoms. The molecule has 4 bridgehead atoms. The number of rotatable bonds is 3. The van der Waals surface area contributed by atoms with Crippen LogP contribution in [0.5, 0.6) is 0 Å². The molecule has 4 aliphatic rings. The number of amides is 2. The molecule has 4 aromatic heterocycles. The zero-order chi connectivity index (χ0) is 33.4. The molecular formula is C38H41ClN8O2. The Kier molecular flexibility index (Phi) is 7.50. The van der Waals surface area contributed by atoms with Crippen LogP contribution < -0.4 is 11.1 Å². The molecule has 2 aliphatic heterocycles. The average Bonchev–Trinajstić information content (AvgIpc) is 3.57. The number of imidazole rings is 1. The van der Waals surface area contributed by atoms with Crippen molar-refractivity contribution in [1.29, 1.82) is 0 Å². The molecule has 9 rings (SSSR count). The molecule has 49 heavy (non-hydrogen) atoms. The molecule has 2 amide bonds. The van der Waals surface area contributed by atoms with E-state index >= 15 is 0 Å². The van der Waals surface area contributed by atoms with Crippen LogP contribution in [0, 0.1) is 5.92 Å². The molecule has 5 aromatic rings. The number of carbonyl (C=O) groups is 2. The van der Waals surface area contributed by atoms with E-state index in [1.165, 1.54) is 0 Å². The van der Waals surface area contributed by atoms with E-state index in [1.54, 1.807) is 12.1 Å². The van der Waals surface area contributed by atoms with Gasteiger partial charge in [-0.3, -0.25) is 9.59 Å². The minimum Gasteiger partial charge on any atom is -0.344 e. The quantitative estimate of drug-likeness (QED) is 0.208. The third kappa shape index (κ3) is 5.40. The Bertz CT molecular complexity index is 2130. The molecule has 0 radical (unpaired) electrons. The molecule has 2 saturated carbocycles. The Labute approximate surface area is 290 Å². The van der Waals surface area contributed by atoms with Crippen LogP contribution in [0.25, 0.3) is 33.6 Å². The standard InChI is InChI=1S/C38H41ClN8O2/c1-21-29-13-7-23-19-33(45(35(23)43-29)16-4-2-3-5-30-27(37(48)41-21)12-15-34(39)42-30)36-44-31-18-24(8-14-32(31)47(36)25-10-11-25)38(49)46-20-28(40)22-6-9-26(46)17-22/h7-8,12-15,18-19,21-22,25-26,28H,2-6,9-11,16-17,20,40H2,1H3,(H,41,48)/t21-,22-,26+,28+/m1/s1. The van der Waals surface area contributed by atoms with E-state index in [0.717, 1.165) is 103 Å². The largest absolute Gasteiger partial charge is 0.344 e. The molecule has 11 heteroatoms. The number of carbonyl (C=O) groups excluding carboxylic acids is 2. The van der Waals surface area contributed by atoms with E-state index < -0.39 is 0 Å². The first-order valence-electron chi connectivity index (χ1n) is 17.9. The highest BCUT2D eigenvalue weighted by Crippen LogP contribution is 2.43. The van der Waals surface area contributed by atoms with Gasteiger partial charge in [-0.25, -0.2) is 15.0 Å². The summed E-state index contributed by atoms with van der Waals surface area (Å²) in [6, 6.07) is 16.2. The van der Waals surface area contributed by atoms with Gasteiger partial charge in [0, 0.05) is 42.2 Å². The molecular weight excluding hydrogens is 636 g/mol. The summed E-state index contributed by atoms with van der Waals surface area (Å²) < 4.78 is 4.68. The number of fused-ring (bicyclic) bond motifs is 5. The second-order valence-electron chi connectivity index (χ2n) is 14.6. The maximum atomic E-state index is 13.9. The zero-order valence-electron chi connectivity index (χ0n) is 27.7. The number of hydrogen-bond acceptors (Lipinski definition) is 6. The SMILES string of the molecule is C[C@H]1NC(=O)c2ccc(Cl)nc2CCCCCn2c(-c3nc4cc(C(=O)N5C[C@H](N)[C@@H]6CC[C@H]5C6)ccc4n3C3CC3)cc3ccc1nc32. The smallest absolute Gasteiger partial charge is 0.254 e. The van der Waals surface area contributed by atoms with Gasteiger partial charge in [0.1, 0.15) is 10.8 Å². The van der Waals surface area contributed by atoms with Gasteiger partial charge in [0.15, 0.2) is 5.82 Å². The summed E-state index contributed by atoms with van der Waals surface area (Å²) in [5, 5.41) is 4.57. The lowest BCUT2D eigenvalue weighted by atomic mass is 9.94. The number of aromatic nitrogens is 5. The molecule has 1 aromatic carbocycles. The molecule has 6 heterocycles. The van der Waals surface area contributed by atoms with E-state index in [-0.39, 0.29) is 29.9 Å². The number of pyridine rings is 2. The van der Waals surface area contributed by atoms with Gasteiger partial charge >= 0.3 is 0 Å². The van der Waals surface area contributed by atoms with Crippen LogP contribution >= 0.6 is 11.6 Å². The predicted octanol–water partition coefficient (Wildman–Crippen LogP) is 6.61. The van der Waals surface area contributed by atoms with E-state index in [2.05, 4.69) is 37.6 Å². The third-order valence-corrected chi connectivity index (χ3v) is 11.5. The van der Waals surface area contributed by atoms with E-state index in [0.29, 0.717) is 41.2 Å². The van der Waals surface area contributed by atoms with Gasteiger partial charge < -0.3 is 25.1 Å². The number of nitrogens with two attached hydrogens (primary N) is 1. The van der Waals surface area contributed by atoms with Crippen LogP contribution in [-0.2, 0) is 13.0 Å². The lowest BCUT2D eigenvalue weighted by molar-refractivity contribution is 0.0603. The topological polar surface area (TPSA) is 124 Å². The van der Waals surface area contributed by atoms with Crippen LogP contribution in [0.3, 0.4) is 0 Å². The fourth-order valence-corrected chi connectivity index (χ4v) is 8.64. The number of likely N-dealkylation sites (tertiary alicyclic amines) is 1. The van der Waals surface area contributed by atoms with Crippen molar-refractivity contribution < 1.29 is 9.59 Å². The average molecular weight is 677 g/mol. The molecule has 2 aliphatic carbocycles. The maximum Gasteiger partial charge on any atom is 0.254 e. The summed E-state index contributed by atoms with van der Waals surface area (Å²) in [6.45, 7) is 3.37. The van der Waals surface area contributed by atoms with Crippen LogP contribution in [-0.4, -0.2) is 59.4 Å². The van der Waals surface area contributed by atoms with Gasteiger partial charge in [-0.15, -0.1) is 0 Å². The monoisotopic (exact) mass is 676 g/mol. The van der Waals surface area contributed by atoms with Crippen LogP contribution in [0.1, 0.15) is 102 Å². The number of halogens is 1. The first-order valence-corrected chi connectivity index (χ1v) is 18.3. The van der Waals surface area contributed by atoms with Crippen molar-refractivity contribution in [3.05, 3.63) is 76.2 Å². The molecule has 252 valence electrons. The normalized spacial score (nSPS) is 24.3. The number of hydrogen-bond donors (Lipinski definition) is 2. The Hall–Kier alpha value is -4.28. The third-order valence-electron chi connectivity index (χ3n) is 11.3. The summed E-state index contributed by atoms with van der Waals surface area (Å²) in [6.07, 6.45) is 8.83. The Balaban J connectivity index is 1.10. The first-order chi connectivity index (χ1) is 23.8. The highest BCUT2D eigenvalue weighted by molar-refractivity contribution is 6.29. The number of benzene rings is 1. The summed E-state index contributed by atoms with van der Waals surface area (Å²) in [7, 11) is 0. The number of aryl methyl sites for hydroxylation is 2. The fourth-order valence-electron chi connectivity index (χ4n) is 8.47. The summed E-state index contributed by atoms with van der Waals surface area (Å²) >= 11 is 6.24. The van der Waals surface area contributed by atoms with Crippen molar-refractivity contribution in [2.24, 2.45) is 11.7 Å². The molecule has 0 unspecified atom stereocenters. The van der Waals surface area contributed by atoms with Crippen molar-refractivity contribution >= 4 is 45.5 Å². The lowest BCUT2D eigenvalue weighted by Gasteiger charge is -2.37. The minimum atomic E-state index is -0.313. The molecule has 1 saturated heterocycles. The number of piperidine rings is 1. The van der Waals surface area contributed by atoms with E-state index in [4.69, 9.17) is 27.3 Å².